The van der Waals surface area contributed by atoms with Gasteiger partial charge in [0.25, 0.3) is 0 Å². The molecule has 0 amide bonds. The van der Waals surface area contributed by atoms with Crippen LogP contribution in [-0.2, 0) is 0 Å². The predicted molar refractivity (Wildman–Crippen MR) is 75.5 cm³/mol. The number of anilines is 2. The summed E-state index contributed by atoms with van der Waals surface area (Å²) in [4.78, 5) is 5.62. The number of hydrogen-bond donors (Lipinski definition) is 2. The zero-order chi connectivity index (χ0) is 13.1. The summed E-state index contributed by atoms with van der Waals surface area (Å²) in [5, 5.41) is 9.33. The van der Waals surface area contributed by atoms with Gasteiger partial charge in [0.05, 0.1) is 11.3 Å². The van der Waals surface area contributed by atoms with Crippen LogP contribution in [-0.4, -0.2) is 0 Å². The maximum atomic E-state index is 9.08. The van der Waals surface area contributed by atoms with Gasteiger partial charge in [-0.2, -0.15) is 0 Å². The minimum absolute atomic E-state index is 0.252. The van der Waals surface area contributed by atoms with E-state index in [-0.39, 0.29) is 10.7 Å². The zero-order valence-corrected chi connectivity index (χ0v) is 10.7. The SMILES string of the molecule is N#[N+]c1c(-c2ccc(N)cc2)ccc(NCl)c1Cl. The molecule has 90 valence electrons. The van der Waals surface area contributed by atoms with Crippen molar-refractivity contribution in [2.75, 3.05) is 10.6 Å². The summed E-state index contributed by atoms with van der Waals surface area (Å²) in [5.74, 6) is 0. The first-order chi connectivity index (χ1) is 8.67. The molecule has 0 atom stereocenters. The molecule has 0 bridgehead atoms. The van der Waals surface area contributed by atoms with E-state index in [9.17, 15) is 0 Å². The van der Waals surface area contributed by atoms with E-state index in [0.29, 0.717) is 16.9 Å². The lowest BCUT2D eigenvalue weighted by Gasteiger charge is -2.03. The van der Waals surface area contributed by atoms with Crippen LogP contribution >= 0.6 is 23.4 Å². The van der Waals surface area contributed by atoms with Crippen molar-refractivity contribution in [3.63, 3.8) is 0 Å². The fourth-order valence-electron chi connectivity index (χ4n) is 1.63. The van der Waals surface area contributed by atoms with Crippen molar-refractivity contribution in [2.24, 2.45) is 0 Å². The standard InChI is InChI=1S/C12H8Cl2N4/c13-11-10(17-14)6-5-9(12(11)18-16)7-1-3-8(15)4-2-7/h1-6,15-16H/p+1. The second kappa shape index (κ2) is 5.13. The Labute approximate surface area is 114 Å². The van der Waals surface area contributed by atoms with Crippen LogP contribution in [0, 0.1) is 5.39 Å². The van der Waals surface area contributed by atoms with Gasteiger partial charge in [-0.15, -0.1) is 0 Å². The van der Waals surface area contributed by atoms with Crippen LogP contribution in [0.5, 0.6) is 0 Å². The minimum atomic E-state index is 0.252. The summed E-state index contributed by atoms with van der Waals surface area (Å²) in [6, 6.07) is 10.6. The van der Waals surface area contributed by atoms with E-state index in [4.69, 9.17) is 34.5 Å². The average molecular weight is 280 g/mol. The van der Waals surface area contributed by atoms with Crippen molar-refractivity contribution in [3.8, 4) is 11.1 Å². The van der Waals surface area contributed by atoms with Gasteiger partial charge in [0.2, 0.25) is 5.39 Å². The summed E-state index contributed by atoms with van der Waals surface area (Å²) in [5.41, 5.74) is 8.56. The van der Waals surface area contributed by atoms with Gasteiger partial charge in [-0.25, -0.2) is 0 Å². The molecule has 0 aromatic heterocycles. The molecule has 0 fully saturated rings. The molecule has 0 saturated heterocycles. The number of nitrogens with one attached hydrogen (secondary N) is 1. The Morgan fingerprint density at radius 1 is 1.11 bits per heavy atom. The van der Waals surface area contributed by atoms with Crippen LogP contribution in [0.4, 0.5) is 17.1 Å². The summed E-state index contributed by atoms with van der Waals surface area (Å²) in [6.07, 6.45) is 0. The van der Waals surface area contributed by atoms with Crippen LogP contribution in [0.1, 0.15) is 0 Å². The summed E-state index contributed by atoms with van der Waals surface area (Å²) in [6.45, 7) is 0. The molecule has 0 aliphatic heterocycles. The van der Waals surface area contributed by atoms with Gasteiger partial charge in [-0.05, 0) is 29.8 Å². The Morgan fingerprint density at radius 3 is 2.33 bits per heavy atom. The van der Waals surface area contributed by atoms with Gasteiger partial charge >= 0.3 is 5.69 Å². The van der Waals surface area contributed by atoms with Crippen molar-refractivity contribution in [1.82, 2.24) is 0 Å². The number of nitrogen functional groups attached to an aromatic ring is 1. The monoisotopic (exact) mass is 279 g/mol. The molecule has 0 aliphatic rings. The van der Waals surface area contributed by atoms with Crippen LogP contribution in [0.3, 0.4) is 0 Å². The van der Waals surface area contributed by atoms with Gasteiger partial charge in [0, 0.05) is 17.5 Å². The smallest absolute Gasteiger partial charge is 0.399 e. The number of nitrogens with zero attached hydrogens (tertiary/aromatic N) is 2. The Morgan fingerprint density at radius 2 is 1.78 bits per heavy atom. The Hall–Kier alpha value is -1.96. The molecule has 3 N–H and O–H groups in total. The van der Waals surface area contributed by atoms with Crippen molar-refractivity contribution < 1.29 is 0 Å². The molecule has 0 heterocycles. The van der Waals surface area contributed by atoms with E-state index in [1.165, 1.54) is 0 Å². The number of rotatable bonds is 2. The third kappa shape index (κ3) is 2.19. The quantitative estimate of drug-likeness (QED) is 0.478. The van der Waals surface area contributed by atoms with Crippen molar-refractivity contribution in [3.05, 3.63) is 46.4 Å². The molecule has 2 aromatic carbocycles. The average Bonchev–Trinajstić information content (AvgIpc) is 2.39. The molecule has 6 heteroatoms. The Kier molecular flexibility index (Phi) is 3.56. The highest BCUT2D eigenvalue weighted by molar-refractivity contribution is 6.38. The largest absolute Gasteiger partial charge is 0.413 e. The number of benzene rings is 2. The topological polar surface area (TPSA) is 66.2 Å². The van der Waals surface area contributed by atoms with Crippen molar-refractivity contribution in [1.29, 1.82) is 5.39 Å². The first kappa shape index (κ1) is 12.5. The van der Waals surface area contributed by atoms with Gasteiger partial charge < -0.3 is 5.73 Å². The van der Waals surface area contributed by atoms with E-state index in [1.807, 2.05) is 12.1 Å². The lowest BCUT2D eigenvalue weighted by molar-refractivity contribution is 1.46. The number of hydrogen-bond acceptors (Lipinski definition) is 3. The van der Waals surface area contributed by atoms with Gasteiger partial charge in [0.1, 0.15) is 0 Å². The van der Waals surface area contributed by atoms with Crippen molar-refractivity contribution in [2.45, 2.75) is 0 Å². The van der Waals surface area contributed by atoms with E-state index in [0.717, 1.165) is 5.56 Å². The van der Waals surface area contributed by atoms with E-state index in [1.54, 1.807) is 24.3 Å². The van der Waals surface area contributed by atoms with Gasteiger partial charge in [-0.1, -0.05) is 23.7 Å². The Balaban J connectivity index is 2.62. The highest BCUT2D eigenvalue weighted by Gasteiger charge is 2.23. The van der Waals surface area contributed by atoms with Crippen molar-refractivity contribution >= 4 is 40.4 Å². The molecule has 0 saturated carbocycles. The predicted octanol–water partition coefficient (Wildman–Crippen LogP) is 4.64. The first-order valence-corrected chi connectivity index (χ1v) is 5.83. The lowest BCUT2D eigenvalue weighted by Crippen LogP contribution is -1.87. The highest BCUT2D eigenvalue weighted by Crippen LogP contribution is 2.41. The minimum Gasteiger partial charge on any atom is -0.399 e. The van der Waals surface area contributed by atoms with E-state index in [2.05, 4.69) is 9.81 Å². The van der Waals surface area contributed by atoms with Crippen LogP contribution < -0.4 is 10.6 Å². The summed E-state index contributed by atoms with van der Waals surface area (Å²) in [7, 11) is 0. The zero-order valence-electron chi connectivity index (χ0n) is 9.19. The van der Waals surface area contributed by atoms with Crippen LogP contribution in [0.15, 0.2) is 36.4 Å². The number of nitrogens with two attached hydrogens (primary N) is 1. The third-order valence-electron chi connectivity index (χ3n) is 2.54. The third-order valence-corrected chi connectivity index (χ3v) is 3.13. The number of diazo groups is 1. The van der Waals surface area contributed by atoms with Gasteiger partial charge in [0.15, 0.2) is 10.00 Å². The van der Waals surface area contributed by atoms with Crippen LogP contribution in [0.25, 0.3) is 16.1 Å². The molecule has 0 radical (unpaired) electrons. The van der Waals surface area contributed by atoms with Gasteiger partial charge in [-0.3, -0.25) is 4.84 Å². The highest BCUT2D eigenvalue weighted by atomic mass is 35.5. The molecule has 0 spiro atoms. The summed E-state index contributed by atoms with van der Waals surface area (Å²) >= 11 is 11.6. The fourth-order valence-corrected chi connectivity index (χ4v) is 2.09. The van der Waals surface area contributed by atoms with E-state index < -0.39 is 0 Å². The maximum absolute atomic E-state index is 9.08. The number of halogens is 2. The molecular formula is C12H9Cl2N4+. The summed E-state index contributed by atoms with van der Waals surface area (Å²) < 4.78 is 0. The van der Waals surface area contributed by atoms with Crippen LogP contribution in [0.2, 0.25) is 5.02 Å². The molecule has 4 nitrogen and oxygen atoms in total. The second-order valence-electron chi connectivity index (χ2n) is 3.64. The molecule has 2 rings (SSSR count). The molecule has 18 heavy (non-hydrogen) atoms. The molecule has 2 aromatic rings. The lowest BCUT2D eigenvalue weighted by atomic mass is 10.0. The normalized spacial score (nSPS) is 9.83. The Bertz CT molecular complexity index is 617. The molecule has 0 aliphatic carbocycles. The molecule has 0 unspecified atom stereocenters. The second-order valence-corrected chi connectivity index (χ2v) is 4.21. The maximum Gasteiger partial charge on any atom is 0.413 e. The van der Waals surface area contributed by atoms with E-state index >= 15 is 0 Å². The fraction of sp³-hybridized carbons (Fsp3) is 0. The first-order valence-electron chi connectivity index (χ1n) is 5.07. The molecular weight excluding hydrogens is 271 g/mol.